The minimum Gasteiger partial charge on any atom is -0.493 e. The molecule has 1 aliphatic rings. The largest absolute Gasteiger partial charge is 0.493 e. The molecule has 212 valence electrons. The third kappa shape index (κ3) is 7.99. The van der Waals surface area contributed by atoms with E-state index in [2.05, 4.69) is 22.2 Å². The molecule has 1 amide bonds. The lowest BCUT2D eigenvalue weighted by molar-refractivity contribution is -0.114. The molecule has 4 aromatic rings. The Hall–Kier alpha value is -5.08. The molecule has 0 fully saturated rings. The average Bonchev–Trinajstić information content (AvgIpc) is 3.01. The van der Waals surface area contributed by atoms with Crippen LogP contribution in [0.2, 0.25) is 0 Å². The summed E-state index contributed by atoms with van der Waals surface area (Å²) in [7, 11) is 0. The second-order valence-electron chi connectivity index (χ2n) is 9.78. The maximum atomic E-state index is 13.1. The highest BCUT2D eigenvalue weighted by Crippen LogP contribution is 2.26. The van der Waals surface area contributed by atoms with Crippen LogP contribution >= 0.6 is 0 Å². The number of nitrogens with one attached hydrogen (secondary N) is 2. The van der Waals surface area contributed by atoms with Crippen molar-refractivity contribution in [2.45, 2.75) is 25.9 Å². The van der Waals surface area contributed by atoms with E-state index in [0.29, 0.717) is 55.5 Å². The number of hydrogen-bond donors (Lipinski definition) is 2. The van der Waals surface area contributed by atoms with Crippen molar-refractivity contribution in [3.8, 4) is 17.0 Å². The summed E-state index contributed by atoms with van der Waals surface area (Å²) < 4.78 is 11.8. The van der Waals surface area contributed by atoms with Crippen LogP contribution in [0.15, 0.2) is 104 Å². The number of anilines is 3. The number of aryl methyl sites for hydroxylation is 1. The number of carbonyl (C=O) groups excluding carboxylic acids is 2. The summed E-state index contributed by atoms with van der Waals surface area (Å²) in [6, 6.07) is 22.6. The number of nitrogens with zero attached hydrogens (tertiary/aromatic N) is 2. The fourth-order valence-corrected chi connectivity index (χ4v) is 4.44. The first-order chi connectivity index (χ1) is 20.6. The van der Waals surface area contributed by atoms with Gasteiger partial charge in [-0.1, -0.05) is 43.0 Å². The molecule has 8 nitrogen and oxygen atoms in total. The average molecular weight is 561 g/mol. The Morgan fingerprint density at radius 1 is 1.02 bits per heavy atom. The molecule has 42 heavy (non-hydrogen) atoms. The van der Waals surface area contributed by atoms with Crippen molar-refractivity contribution in [3.63, 3.8) is 0 Å². The number of benzene rings is 3. The van der Waals surface area contributed by atoms with E-state index in [4.69, 9.17) is 14.5 Å². The number of carbonyl (C=O) groups is 2. The molecular weight excluding hydrogens is 528 g/mol. The molecule has 0 aliphatic carbocycles. The van der Waals surface area contributed by atoms with E-state index in [1.807, 2.05) is 72.8 Å². The van der Waals surface area contributed by atoms with Gasteiger partial charge in [-0.15, -0.1) is 0 Å². The van der Waals surface area contributed by atoms with Crippen molar-refractivity contribution in [3.05, 3.63) is 120 Å². The van der Waals surface area contributed by atoms with E-state index < -0.39 is 0 Å². The quantitative estimate of drug-likeness (QED) is 0.200. The molecule has 0 radical (unpaired) electrons. The molecule has 0 spiro atoms. The molecule has 3 aromatic carbocycles. The molecule has 2 N–H and O–H groups in total. The smallest absolute Gasteiger partial charge is 0.255 e. The van der Waals surface area contributed by atoms with Gasteiger partial charge in [-0.3, -0.25) is 9.59 Å². The highest BCUT2D eigenvalue weighted by molar-refractivity contribution is 6.04. The number of allylic oxidation sites excluding steroid dienone is 1. The van der Waals surface area contributed by atoms with E-state index >= 15 is 0 Å². The molecule has 2 heterocycles. The summed E-state index contributed by atoms with van der Waals surface area (Å²) in [6.45, 7) is 4.86. The van der Waals surface area contributed by atoms with Crippen LogP contribution in [0.4, 0.5) is 17.3 Å². The number of fused-ring (bicyclic) bond motifs is 7. The molecule has 6 bridgehead atoms. The molecular formula is C34H32N4O4. The Morgan fingerprint density at radius 2 is 1.90 bits per heavy atom. The van der Waals surface area contributed by atoms with Gasteiger partial charge in [0.25, 0.3) is 5.91 Å². The van der Waals surface area contributed by atoms with Crippen LogP contribution in [-0.4, -0.2) is 34.9 Å². The summed E-state index contributed by atoms with van der Waals surface area (Å²) in [5, 5.41) is 6.27. The van der Waals surface area contributed by atoms with Gasteiger partial charge in [-0.25, -0.2) is 9.97 Å². The number of ketones is 1. The van der Waals surface area contributed by atoms with Crippen LogP contribution in [0.25, 0.3) is 11.3 Å². The van der Waals surface area contributed by atoms with Gasteiger partial charge >= 0.3 is 0 Å². The normalized spacial score (nSPS) is 13.8. The maximum Gasteiger partial charge on any atom is 0.255 e. The van der Waals surface area contributed by atoms with Crippen molar-refractivity contribution in [1.82, 2.24) is 9.97 Å². The molecule has 0 unspecified atom stereocenters. The van der Waals surface area contributed by atoms with E-state index in [9.17, 15) is 9.59 Å². The lowest BCUT2D eigenvalue weighted by atomic mass is 10.1. The summed E-state index contributed by atoms with van der Waals surface area (Å²) in [5.41, 5.74) is 5.36. The van der Waals surface area contributed by atoms with Gasteiger partial charge < -0.3 is 20.1 Å². The summed E-state index contributed by atoms with van der Waals surface area (Å²) in [5.74, 6) is 0.947. The highest BCUT2D eigenvalue weighted by Gasteiger charge is 2.11. The maximum absolute atomic E-state index is 13.1. The number of aromatic nitrogens is 2. The first-order valence-electron chi connectivity index (χ1n) is 13.8. The minimum atomic E-state index is -0.245. The fourth-order valence-electron chi connectivity index (χ4n) is 4.44. The third-order valence-corrected chi connectivity index (χ3v) is 6.60. The highest BCUT2D eigenvalue weighted by atomic mass is 16.5. The van der Waals surface area contributed by atoms with Crippen LogP contribution in [0.3, 0.4) is 0 Å². The predicted molar refractivity (Wildman–Crippen MR) is 164 cm³/mol. The van der Waals surface area contributed by atoms with Gasteiger partial charge in [0.2, 0.25) is 5.95 Å². The summed E-state index contributed by atoms with van der Waals surface area (Å²) in [6.07, 6.45) is 8.79. The van der Waals surface area contributed by atoms with Crippen LogP contribution in [0.5, 0.6) is 5.75 Å². The van der Waals surface area contributed by atoms with Crippen molar-refractivity contribution >= 4 is 29.0 Å². The zero-order valence-corrected chi connectivity index (χ0v) is 23.2. The van der Waals surface area contributed by atoms with E-state index in [-0.39, 0.29) is 11.7 Å². The standard InChI is InChI=1S/C34H32N4O4/c1-2-30(39)14-11-24-9-12-26(13-10-24)33(40)36-28-19-25-20-29(22-28)37-34-35-16-15-32(38-34)27-7-6-8-31(21-27)42-18-5-3-4-17-41-23-25/h2-4,6-10,12-13,15-16,19-22H,1,5,11,14,17-18,23H2,(H,36,40)(H,35,37,38)/b4-3+. The second kappa shape index (κ2) is 14.0. The van der Waals surface area contributed by atoms with Gasteiger partial charge in [0.05, 0.1) is 25.5 Å². The lowest BCUT2D eigenvalue weighted by Crippen LogP contribution is -2.12. The third-order valence-electron chi connectivity index (χ3n) is 6.60. The fraction of sp³-hybridized carbons (Fsp3) is 0.176. The number of ether oxygens (including phenoxy) is 2. The van der Waals surface area contributed by atoms with Crippen LogP contribution < -0.4 is 15.4 Å². The molecule has 0 saturated carbocycles. The summed E-state index contributed by atoms with van der Waals surface area (Å²) >= 11 is 0. The van der Waals surface area contributed by atoms with Crippen molar-refractivity contribution in [2.24, 2.45) is 0 Å². The molecule has 8 heteroatoms. The van der Waals surface area contributed by atoms with Gasteiger partial charge in [0, 0.05) is 35.1 Å². The summed E-state index contributed by atoms with van der Waals surface area (Å²) in [4.78, 5) is 33.8. The van der Waals surface area contributed by atoms with Gasteiger partial charge in [0.15, 0.2) is 5.78 Å². The molecule has 5 rings (SSSR count). The zero-order valence-electron chi connectivity index (χ0n) is 23.2. The lowest BCUT2D eigenvalue weighted by Gasteiger charge is -2.13. The van der Waals surface area contributed by atoms with E-state index in [1.165, 1.54) is 6.08 Å². The van der Waals surface area contributed by atoms with E-state index in [0.717, 1.165) is 34.6 Å². The first-order valence-corrected chi connectivity index (χ1v) is 13.8. The number of rotatable bonds is 6. The van der Waals surface area contributed by atoms with E-state index in [1.54, 1.807) is 18.3 Å². The Morgan fingerprint density at radius 3 is 2.76 bits per heavy atom. The van der Waals surface area contributed by atoms with Crippen molar-refractivity contribution in [2.75, 3.05) is 23.8 Å². The topological polar surface area (TPSA) is 102 Å². The Balaban J connectivity index is 1.37. The van der Waals surface area contributed by atoms with Crippen LogP contribution in [-0.2, 0) is 22.6 Å². The molecule has 0 saturated heterocycles. The second-order valence-corrected chi connectivity index (χ2v) is 9.78. The van der Waals surface area contributed by atoms with Gasteiger partial charge in [-0.2, -0.15) is 0 Å². The van der Waals surface area contributed by atoms with Crippen LogP contribution in [0.1, 0.15) is 34.3 Å². The first kappa shape index (κ1) is 28.4. The zero-order chi connectivity index (χ0) is 29.1. The Bertz CT molecular complexity index is 1600. The Kier molecular flexibility index (Phi) is 9.49. The SMILES string of the molecule is C=CC(=O)CCc1ccc(C(=O)Nc2cc3cc(c2)Nc2nccc(n2)-c2cccc(c2)OCC/C=C/COC3)cc1. The van der Waals surface area contributed by atoms with Crippen molar-refractivity contribution < 1.29 is 19.1 Å². The predicted octanol–water partition coefficient (Wildman–Crippen LogP) is 6.68. The number of hydrogen-bond acceptors (Lipinski definition) is 7. The minimum absolute atomic E-state index is 0.00350. The molecule has 1 aliphatic heterocycles. The Labute approximate surface area is 245 Å². The molecule has 0 atom stereocenters. The monoisotopic (exact) mass is 560 g/mol. The molecule has 1 aromatic heterocycles. The van der Waals surface area contributed by atoms with Crippen LogP contribution in [0, 0.1) is 0 Å². The number of amides is 1. The van der Waals surface area contributed by atoms with Gasteiger partial charge in [0.1, 0.15) is 5.75 Å². The van der Waals surface area contributed by atoms with Crippen molar-refractivity contribution in [1.29, 1.82) is 0 Å². The van der Waals surface area contributed by atoms with Gasteiger partial charge in [-0.05, 0) is 78.6 Å².